The molecule has 2 rings (SSSR count). The van der Waals surface area contributed by atoms with Gasteiger partial charge in [0.15, 0.2) is 11.6 Å². The standard InChI is InChI=1S/C15H22FNO2/c1-10(2)19-14-4-3-12(9-13(14)16)15(18)11-5-7-17-8-6-11/h3-4,9-11,15,17-18H,5-8H2,1-2H3. The molecule has 1 unspecified atom stereocenters. The first kappa shape index (κ1) is 14.3. The van der Waals surface area contributed by atoms with Gasteiger partial charge in [0.2, 0.25) is 0 Å². The van der Waals surface area contributed by atoms with Crippen molar-refractivity contribution in [3.63, 3.8) is 0 Å². The van der Waals surface area contributed by atoms with Gasteiger partial charge in [-0.05, 0) is 63.4 Å². The lowest BCUT2D eigenvalue weighted by Gasteiger charge is -2.27. The van der Waals surface area contributed by atoms with Gasteiger partial charge in [0, 0.05) is 0 Å². The molecular weight excluding hydrogens is 245 g/mol. The molecule has 1 heterocycles. The summed E-state index contributed by atoms with van der Waals surface area (Å²) in [5.41, 5.74) is 0.639. The molecule has 0 bridgehead atoms. The second-order valence-electron chi connectivity index (χ2n) is 5.39. The largest absolute Gasteiger partial charge is 0.488 e. The maximum Gasteiger partial charge on any atom is 0.165 e. The van der Waals surface area contributed by atoms with Gasteiger partial charge in [-0.25, -0.2) is 4.39 Å². The van der Waals surface area contributed by atoms with Gasteiger partial charge < -0.3 is 15.2 Å². The van der Waals surface area contributed by atoms with Crippen LogP contribution in [-0.2, 0) is 0 Å². The van der Waals surface area contributed by atoms with E-state index < -0.39 is 11.9 Å². The topological polar surface area (TPSA) is 41.5 Å². The van der Waals surface area contributed by atoms with Crippen LogP contribution in [0.3, 0.4) is 0 Å². The molecule has 0 aromatic heterocycles. The molecule has 3 nitrogen and oxygen atoms in total. The molecule has 0 amide bonds. The van der Waals surface area contributed by atoms with Crippen LogP contribution in [0.25, 0.3) is 0 Å². The number of aliphatic hydroxyl groups excluding tert-OH is 1. The normalized spacial score (nSPS) is 18.6. The van der Waals surface area contributed by atoms with E-state index in [0.717, 1.165) is 25.9 Å². The number of nitrogens with one attached hydrogen (secondary N) is 1. The van der Waals surface area contributed by atoms with Crippen molar-refractivity contribution in [3.8, 4) is 5.75 Å². The molecule has 106 valence electrons. The minimum absolute atomic E-state index is 0.0605. The molecule has 0 radical (unpaired) electrons. The zero-order valence-corrected chi connectivity index (χ0v) is 11.5. The molecule has 1 aromatic rings. The Bertz CT molecular complexity index is 417. The SMILES string of the molecule is CC(C)Oc1ccc(C(O)C2CCNCC2)cc1F. The highest BCUT2D eigenvalue weighted by molar-refractivity contribution is 5.31. The average Bonchev–Trinajstić information content (AvgIpc) is 2.41. The van der Waals surface area contributed by atoms with Gasteiger partial charge >= 0.3 is 0 Å². The lowest BCUT2D eigenvalue weighted by Crippen LogP contribution is -2.30. The van der Waals surface area contributed by atoms with E-state index in [1.54, 1.807) is 12.1 Å². The van der Waals surface area contributed by atoms with Gasteiger partial charge in [-0.3, -0.25) is 0 Å². The third-order valence-electron chi connectivity index (χ3n) is 3.49. The number of hydrogen-bond acceptors (Lipinski definition) is 3. The Kier molecular flexibility index (Phi) is 4.77. The van der Waals surface area contributed by atoms with Crippen molar-refractivity contribution in [2.75, 3.05) is 13.1 Å². The van der Waals surface area contributed by atoms with Crippen molar-refractivity contribution >= 4 is 0 Å². The van der Waals surface area contributed by atoms with Gasteiger partial charge in [-0.1, -0.05) is 6.07 Å². The predicted octanol–water partition coefficient (Wildman–Crippen LogP) is 2.65. The average molecular weight is 267 g/mol. The Morgan fingerprint density at radius 2 is 2.00 bits per heavy atom. The molecule has 0 aliphatic carbocycles. The highest BCUT2D eigenvalue weighted by Crippen LogP contribution is 2.31. The summed E-state index contributed by atoms with van der Waals surface area (Å²) in [5.74, 6) is 0.0490. The Morgan fingerprint density at radius 1 is 1.32 bits per heavy atom. The summed E-state index contributed by atoms with van der Waals surface area (Å²) in [7, 11) is 0. The molecule has 1 aromatic carbocycles. The van der Waals surface area contributed by atoms with Crippen LogP contribution in [-0.4, -0.2) is 24.3 Å². The van der Waals surface area contributed by atoms with Crippen LogP contribution in [0, 0.1) is 11.7 Å². The summed E-state index contributed by atoms with van der Waals surface area (Å²) in [4.78, 5) is 0. The number of halogens is 1. The summed E-state index contributed by atoms with van der Waals surface area (Å²) < 4.78 is 19.2. The fourth-order valence-electron chi connectivity index (χ4n) is 2.48. The monoisotopic (exact) mass is 267 g/mol. The number of benzene rings is 1. The van der Waals surface area contributed by atoms with Crippen LogP contribution in [0.15, 0.2) is 18.2 Å². The summed E-state index contributed by atoms with van der Waals surface area (Å²) in [6, 6.07) is 4.76. The van der Waals surface area contributed by atoms with E-state index in [9.17, 15) is 9.50 Å². The zero-order valence-electron chi connectivity index (χ0n) is 11.5. The lowest BCUT2D eigenvalue weighted by atomic mass is 9.88. The van der Waals surface area contributed by atoms with E-state index in [-0.39, 0.29) is 17.8 Å². The number of piperidine rings is 1. The zero-order chi connectivity index (χ0) is 13.8. The van der Waals surface area contributed by atoms with Crippen LogP contribution in [0.5, 0.6) is 5.75 Å². The third kappa shape index (κ3) is 3.67. The van der Waals surface area contributed by atoms with Crippen molar-refractivity contribution in [2.24, 2.45) is 5.92 Å². The van der Waals surface area contributed by atoms with Gasteiger partial charge in [0.25, 0.3) is 0 Å². The van der Waals surface area contributed by atoms with Crippen molar-refractivity contribution in [2.45, 2.75) is 38.9 Å². The molecule has 19 heavy (non-hydrogen) atoms. The summed E-state index contributed by atoms with van der Waals surface area (Å²) >= 11 is 0. The smallest absolute Gasteiger partial charge is 0.165 e. The number of hydrogen-bond donors (Lipinski definition) is 2. The molecular formula is C15H22FNO2. The predicted molar refractivity (Wildman–Crippen MR) is 72.7 cm³/mol. The Morgan fingerprint density at radius 3 is 2.58 bits per heavy atom. The fraction of sp³-hybridized carbons (Fsp3) is 0.600. The minimum Gasteiger partial charge on any atom is -0.488 e. The molecule has 1 aliphatic rings. The van der Waals surface area contributed by atoms with Gasteiger partial charge in [-0.15, -0.1) is 0 Å². The lowest BCUT2D eigenvalue weighted by molar-refractivity contribution is 0.0885. The summed E-state index contributed by atoms with van der Waals surface area (Å²) in [5, 5.41) is 13.6. The van der Waals surface area contributed by atoms with Crippen molar-refractivity contribution in [3.05, 3.63) is 29.6 Å². The highest BCUT2D eigenvalue weighted by Gasteiger charge is 2.23. The van der Waals surface area contributed by atoms with E-state index in [2.05, 4.69) is 5.32 Å². The van der Waals surface area contributed by atoms with E-state index >= 15 is 0 Å². The number of rotatable bonds is 4. The molecule has 0 spiro atoms. The van der Waals surface area contributed by atoms with E-state index in [4.69, 9.17) is 4.74 Å². The van der Waals surface area contributed by atoms with Crippen molar-refractivity contribution in [1.82, 2.24) is 5.32 Å². The fourth-order valence-corrected chi connectivity index (χ4v) is 2.48. The first-order valence-corrected chi connectivity index (χ1v) is 6.93. The second kappa shape index (κ2) is 6.35. The quantitative estimate of drug-likeness (QED) is 0.881. The van der Waals surface area contributed by atoms with Gasteiger partial charge in [0.1, 0.15) is 0 Å². The van der Waals surface area contributed by atoms with Crippen LogP contribution < -0.4 is 10.1 Å². The van der Waals surface area contributed by atoms with Crippen LogP contribution in [0.1, 0.15) is 38.4 Å². The summed E-state index contributed by atoms with van der Waals surface area (Å²) in [6.45, 7) is 5.55. The van der Waals surface area contributed by atoms with Crippen molar-refractivity contribution in [1.29, 1.82) is 0 Å². The van der Waals surface area contributed by atoms with E-state index in [1.165, 1.54) is 6.07 Å². The Hall–Kier alpha value is -1.13. The van der Waals surface area contributed by atoms with Crippen LogP contribution in [0.4, 0.5) is 4.39 Å². The highest BCUT2D eigenvalue weighted by atomic mass is 19.1. The molecule has 2 N–H and O–H groups in total. The van der Waals surface area contributed by atoms with Gasteiger partial charge in [-0.2, -0.15) is 0 Å². The Balaban J connectivity index is 2.09. The first-order valence-electron chi connectivity index (χ1n) is 6.93. The van der Waals surface area contributed by atoms with Gasteiger partial charge in [0.05, 0.1) is 12.2 Å². The molecule has 4 heteroatoms. The van der Waals surface area contributed by atoms with Crippen molar-refractivity contribution < 1.29 is 14.2 Å². The molecule has 0 saturated carbocycles. The molecule has 1 saturated heterocycles. The Labute approximate surface area is 113 Å². The first-order chi connectivity index (χ1) is 9.08. The maximum absolute atomic E-state index is 13.9. The summed E-state index contributed by atoms with van der Waals surface area (Å²) in [6.07, 6.45) is 1.19. The van der Waals surface area contributed by atoms with E-state index in [1.807, 2.05) is 13.8 Å². The molecule has 1 atom stereocenters. The van der Waals surface area contributed by atoms with E-state index in [0.29, 0.717) is 5.56 Å². The maximum atomic E-state index is 13.9. The van der Waals surface area contributed by atoms with Crippen LogP contribution >= 0.6 is 0 Å². The second-order valence-corrected chi connectivity index (χ2v) is 5.39. The van der Waals surface area contributed by atoms with Crippen LogP contribution in [0.2, 0.25) is 0 Å². The number of ether oxygens (including phenoxy) is 1. The number of aliphatic hydroxyl groups is 1. The minimum atomic E-state index is -0.593. The molecule has 1 fully saturated rings. The third-order valence-corrected chi connectivity index (χ3v) is 3.49. The molecule has 1 aliphatic heterocycles.